The Morgan fingerprint density at radius 3 is 2.76 bits per heavy atom. The van der Waals surface area contributed by atoms with Gasteiger partial charge in [0.1, 0.15) is 11.9 Å². The van der Waals surface area contributed by atoms with Crippen molar-refractivity contribution >= 4 is 6.03 Å². The quantitative estimate of drug-likeness (QED) is 0.862. The van der Waals surface area contributed by atoms with Gasteiger partial charge in [0, 0.05) is 6.54 Å². The predicted molar refractivity (Wildman–Crippen MR) is 100 cm³/mol. The van der Waals surface area contributed by atoms with Crippen LogP contribution in [0.4, 0.5) is 4.79 Å². The van der Waals surface area contributed by atoms with Crippen LogP contribution >= 0.6 is 0 Å². The molecule has 2 fully saturated rings. The van der Waals surface area contributed by atoms with E-state index in [0.717, 1.165) is 31.1 Å². The van der Waals surface area contributed by atoms with Crippen LogP contribution in [0.5, 0.6) is 5.75 Å². The minimum atomic E-state index is 0.0510. The van der Waals surface area contributed by atoms with Crippen LogP contribution in [0.1, 0.15) is 31.7 Å². The van der Waals surface area contributed by atoms with Gasteiger partial charge < -0.3 is 19.9 Å². The zero-order valence-electron chi connectivity index (χ0n) is 15.5. The number of likely N-dealkylation sites (tertiary alicyclic amines) is 2. The van der Waals surface area contributed by atoms with E-state index in [1.807, 2.05) is 17.0 Å². The molecule has 0 aromatic heterocycles. The smallest absolute Gasteiger partial charge is 0.317 e. The van der Waals surface area contributed by atoms with Crippen molar-refractivity contribution in [1.82, 2.24) is 15.1 Å². The molecule has 1 aromatic rings. The number of benzene rings is 1. The third-order valence-corrected chi connectivity index (χ3v) is 5.41. The van der Waals surface area contributed by atoms with Crippen LogP contribution in [-0.4, -0.2) is 61.7 Å². The minimum absolute atomic E-state index is 0.0510. The maximum atomic E-state index is 12.2. The SMILES string of the molecule is CCc1cccc(OC2CN(C(=O)NCCC3CCN(C)CC3)C2)c1. The topological polar surface area (TPSA) is 44.8 Å². The van der Waals surface area contributed by atoms with E-state index < -0.39 is 0 Å². The lowest BCUT2D eigenvalue weighted by Gasteiger charge is -2.39. The van der Waals surface area contributed by atoms with Crippen LogP contribution in [0.2, 0.25) is 0 Å². The molecular weight excluding hydrogens is 314 g/mol. The van der Waals surface area contributed by atoms with Gasteiger partial charge in [-0.1, -0.05) is 19.1 Å². The highest BCUT2D eigenvalue weighted by Gasteiger charge is 2.32. The van der Waals surface area contributed by atoms with Crippen molar-refractivity contribution in [2.75, 3.05) is 39.8 Å². The number of amides is 2. The van der Waals surface area contributed by atoms with Gasteiger partial charge in [-0.2, -0.15) is 0 Å². The number of aryl methyl sites for hydroxylation is 1. The molecule has 2 heterocycles. The number of rotatable bonds is 6. The highest BCUT2D eigenvalue weighted by molar-refractivity contribution is 5.75. The molecule has 2 amide bonds. The second-order valence-electron chi connectivity index (χ2n) is 7.41. The van der Waals surface area contributed by atoms with Crippen molar-refractivity contribution in [2.45, 2.75) is 38.7 Å². The Bertz CT molecular complexity index is 564. The zero-order valence-corrected chi connectivity index (χ0v) is 15.5. The third-order valence-electron chi connectivity index (χ3n) is 5.41. The number of carbonyl (C=O) groups excluding carboxylic acids is 1. The van der Waals surface area contributed by atoms with Gasteiger partial charge in [0.25, 0.3) is 0 Å². The van der Waals surface area contributed by atoms with E-state index in [0.29, 0.717) is 13.1 Å². The van der Waals surface area contributed by atoms with Crippen LogP contribution in [0.25, 0.3) is 0 Å². The molecule has 25 heavy (non-hydrogen) atoms. The van der Waals surface area contributed by atoms with Gasteiger partial charge >= 0.3 is 6.03 Å². The first-order valence-corrected chi connectivity index (χ1v) is 9.61. The molecule has 0 atom stereocenters. The van der Waals surface area contributed by atoms with E-state index in [-0.39, 0.29) is 12.1 Å². The summed E-state index contributed by atoms with van der Waals surface area (Å²) in [5.74, 6) is 1.67. The molecule has 3 rings (SSSR count). The maximum Gasteiger partial charge on any atom is 0.317 e. The van der Waals surface area contributed by atoms with Gasteiger partial charge in [0.05, 0.1) is 13.1 Å². The van der Waals surface area contributed by atoms with Gasteiger partial charge in [-0.3, -0.25) is 0 Å². The number of piperidine rings is 1. The summed E-state index contributed by atoms with van der Waals surface area (Å²) in [5, 5.41) is 3.06. The summed E-state index contributed by atoms with van der Waals surface area (Å²) in [5.41, 5.74) is 1.28. The second-order valence-corrected chi connectivity index (χ2v) is 7.41. The lowest BCUT2D eigenvalue weighted by atomic mass is 9.94. The lowest BCUT2D eigenvalue weighted by molar-refractivity contribution is 0.0442. The largest absolute Gasteiger partial charge is 0.487 e. The molecule has 5 heteroatoms. The average molecular weight is 345 g/mol. The highest BCUT2D eigenvalue weighted by atomic mass is 16.5. The molecule has 0 aliphatic carbocycles. The van der Waals surface area contributed by atoms with Crippen LogP contribution in [0.3, 0.4) is 0 Å². The Morgan fingerprint density at radius 1 is 1.28 bits per heavy atom. The van der Waals surface area contributed by atoms with Gasteiger partial charge in [-0.15, -0.1) is 0 Å². The van der Waals surface area contributed by atoms with Crippen molar-refractivity contribution in [2.24, 2.45) is 5.92 Å². The summed E-state index contributed by atoms with van der Waals surface area (Å²) in [6.45, 7) is 6.65. The Balaban J connectivity index is 1.31. The van der Waals surface area contributed by atoms with Crippen molar-refractivity contribution < 1.29 is 9.53 Å². The summed E-state index contributed by atoms with van der Waals surface area (Å²) in [7, 11) is 2.18. The van der Waals surface area contributed by atoms with Gasteiger partial charge in [-0.05, 0) is 69.4 Å². The molecule has 2 aliphatic heterocycles. The Hall–Kier alpha value is -1.75. The van der Waals surface area contributed by atoms with E-state index in [1.165, 1.54) is 31.5 Å². The number of nitrogens with zero attached hydrogens (tertiary/aromatic N) is 2. The molecule has 0 unspecified atom stereocenters. The Morgan fingerprint density at radius 2 is 2.04 bits per heavy atom. The molecular formula is C20H31N3O2. The molecule has 1 N–H and O–H groups in total. The van der Waals surface area contributed by atoms with E-state index in [9.17, 15) is 4.79 Å². The summed E-state index contributed by atoms with van der Waals surface area (Å²) in [6, 6.07) is 8.27. The molecule has 0 radical (unpaired) electrons. The monoisotopic (exact) mass is 345 g/mol. The standard InChI is InChI=1S/C20H31N3O2/c1-3-16-5-4-6-18(13-16)25-19-14-23(15-19)20(24)21-10-7-17-8-11-22(2)12-9-17/h4-6,13,17,19H,3,7-12,14-15H2,1-2H3,(H,21,24). The number of urea groups is 1. The van der Waals surface area contributed by atoms with Crippen molar-refractivity contribution in [1.29, 1.82) is 0 Å². The van der Waals surface area contributed by atoms with Crippen LogP contribution < -0.4 is 10.1 Å². The Labute approximate surface area is 151 Å². The van der Waals surface area contributed by atoms with Gasteiger partial charge in [-0.25, -0.2) is 4.79 Å². The molecule has 138 valence electrons. The molecule has 0 saturated carbocycles. The number of nitrogens with one attached hydrogen (secondary N) is 1. The molecule has 2 saturated heterocycles. The maximum absolute atomic E-state index is 12.2. The van der Waals surface area contributed by atoms with Crippen molar-refractivity contribution in [3.05, 3.63) is 29.8 Å². The normalized spacial score (nSPS) is 19.5. The first-order chi connectivity index (χ1) is 12.1. The van der Waals surface area contributed by atoms with Crippen LogP contribution in [-0.2, 0) is 6.42 Å². The van der Waals surface area contributed by atoms with Crippen LogP contribution in [0, 0.1) is 5.92 Å². The Kier molecular flexibility index (Phi) is 6.19. The predicted octanol–water partition coefficient (Wildman–Crippen LogP) is 2.75. The van der Waals surface area contributed by atoms with Crippen LogP contribution in [0.15, 0.2) is 24.3 Å². The lowest BCUT2D eigenvalue weighted by Crippen LogP contribution is -2.59. The van der Waals surface area contributed by atoms with E-state index in [4.69, 9.17) is 4.74 Å². The fraction of sp³-hybridized carbons (Fsp3) is 0.650. The average Bonchev–Trinajstić information content (AvgIpc) is 2.59. The first kappa shape index (κ1) is 18.1. The molecule has 5 nitrogen and oxygen atoms in total. The molecule has 1 aromatic carbocycles. The fourth-order valence-electron chi connectivity index (χ4n) is 3.56. The summed E-state index contributed by atoms with van der Waals surface area (Å²) in [6.07, 6.45) is 4.72. The van der Waals surface area contributed by atoms with Gasteiger partial charge in [0.15, 0.2) is 0 Å². The first-order valence-electron chi connectivity index (χ1n) is 9.61. The summed E-state index contributed by atoms with van der Waals surface area (Å²) < 4.78 is 5.96. The minimum Gasteiger partial charge on any atom is -0.487 e. The third kappa shape index (κ3) is 5.11. The van der Waals surface area contributed by atoms with Gasteiger partial charge in [0.2, 0.25) is 0 Å². The number of hydrogen-bond acceptors (Lipinski definition) is 3. The summed E-state index contributed by atoms with van der Waals surface area (Å²) >= 11 is 0. The molecule has 2 aliphatic rings. The van der Waals surface area contributed by atoms with E-state index in [1.54, 1.807) is 0 Å². The van der Waals surface area contributed by atoms with E-state index >= 15 is 0 Å². The summed E-state index contributed by atoms with van der Waals surface area (Å²) in [4.78, 5) is 16.4. The zero-order chi connectivity index (χ0) is 17.6. The van der Waals surface area contributed by atoms with Crippen molar-refractivity contribution in [3.63, 3.8) is 0 Å². The number of ether oxygens (including phenoxy) is 1. The molecule has 0 bridgehead atoms. The van der Waals surface area contributed by atoms with Crippen molar-refractivity contribution in [3.8, 4) is 5.75 Å². The second kappa shape index (κ2) is 8.56. The highest BCUT2D eigenvalue weighted by Crippen LogP contribution is 2.21. The number of hydrogen-bond donors (Lipinski definition) is 1. The number of carbonyl (C=O) groups is 1. The van der Waals surface area contributed by atoms with E-state index in [2.05, 4.69) is 36.3 Å². The molecule has 0 spiro atoms. The fourth-order valence-corrected chi connectivity index (χ4v) is 3.56.